The topological polar surface area (TPSA) is 87.1 Å². The molecule has 0 saturated carbocycles. The molecule has 194 valence electrons. The number of ether oxygens (including phenoxy) is 1. The number of carboxylic acids is 1. The summed E-state index contributed by atoms with van der Waals surface area (Å²) in [5, 5.41) is 20.9. The van der Waals surface area contributed by atoms with Gasteiger partial charge in [-0.3, -0.25) is 0 Å². The molecule has 2 N–H and O–H groups in total. The number of halogens is 1. The molecule has 7 heteroatoms. The van der Waals surface area contributed by atoms with Crippen LogP contribution < -0.4 is 0 Å². The fourth-order valence-electron chi connectivity index (χ4n) is 4.69. The van der Waals surface area contributed by atoms with E-state index >= 15 is 0 Å². The molecule has 0 radical (unpaired) electrons. The summed E-state index contributed by atoms with van der Waals surface area (Å²) in [6, 6.07) is 19.8. The summed E-state index contributed by atoms with van der Waals surface area (Å²) in [5.41, 5.74) is 4.30. The van der Waals surface area contributed by atoms with Crippen LogP contribution in [-0.4, -0.2) is 45.4 Å². The van der Waals surface area contributed by atoms with Crippen molar-refractivity contribution in [1.29, 1.82) is 0 Å². The van der Waals surface area contributed by atoms with Gasteiger partial charge in [0.25, 0.3) is 0 Å². The van der Waals surface area contributed by atoms with Gasteiger partial charge in [0.1, 0.15) is 5.60 Å². The summed E-state index contributed by atoms with van der Waals surface area (Å²) in [6.45, 7) is 5.57. The number of hydrogen-bond acceptors (Lipinski definition) is 4. The van der Waals surface area contributed by atoms with E-state index in [-0.39, 0.29) is 18.2 Å². The third-order valence-corrected chi connectivity index (χ3v) is 6.80. The van der Waals surface area contributed by atoms with E-state index in [1.165, 1.54) is 5.56 Å². The Morgan fingerprint density at radius 1 is 1.03 bits per heavy atom. The average Bonchev–Trinajstić information content (AvgIpc) is 2.86. The molecule has 0 aromatic heterocycles. The highest BCUT2D eigenvalue weighted by Crippen LogP contribution is 2.31. The fourth-order valence-corrected chi connectivity index (χ4v) is 4.81. The Hall–Kier alpha value is -3.35. The molecular weight excluding hydrogens is 490 g/mol. The van der Waals surface area contributed by atoms with E-state index in [9.17, 15) is 19.8 Å². The zero-order chi connectivity index (χ0) is 26.7. The Balaban J connectivity index is 1.60. The third-order valence-electron chi connectivity index (χ3n) is 6.54. The van der Waals surface area contributed by atoms with Gasteiger partial charge in [-0.05, 0) is 92.1 Å². The van der Waals surface area contributed by atoms with Crippen LogP contribution >= 0.6 is 11.6 Å². The lowest BCUT2D eigenvalue weighted by Crippen LogP contribution is -2.47. The fraction of sp³-hybridized carbons (Fsp3) is 0.333. The number of nitrogens with zero attached hydrogens (tertiary/aromatic N) is 1. The number of hydrogen-bond donors (Lipinski definition) is 2. The second-order valence-corrected chi connectivity index (χ2v) is 10.9. The van der Waals surface area contributed by atoms with Gasteiger partial charge in [-0.2, -0.15) is 0 Å². The van der Waals surface area contributed by atoms with Crippen molar-refractivity contribution in [3.8, 4) is 11.1 Å². The minimum absolute atomic E-state index is 0.0941. The first-order valence-corrected chi connectivity index (χ1v) is 12.8. The summed E-state index contributed by atoms with van der Waals surface area (Å²) >= 11 is 6.00. The quantitative estimate of drug-likeness (QED) is 0.385. The van der Waals surface area contributed by atoms with Crippen LogP contribution in [0.3, 0.4) is 0 Å². The molecule has 3 aromatic rings. The molecule has 1 aliphatic rings. The minimum atomic E-state index is -0.966. The number of fused-ring (bicyclic) bond motifs is 1. The standard InChI is InChI=1S/C30H32ClNO5/c1-30(2,3)37-29(36)32(18-27(33)20-9-12-25(31)13-10-20)26-14-11-19-7-8-22(16-24(19)17-26)21-5-4-6-23(15-21)28(34)35/h4-10,12-13,15-16,26-27,33H,11,14,17-18H2,1-3H3,(H,34,35)/t26-,27-/m0/s1. The molecule has 0 bridgehead atoms. The number of rotatable bonds is 6. The first kappa shape index (κ1) is 26.7. The van der Waals surface area contributed by atoms with Crippen molar-refractivity contribution in [3.05, 3.63) is 94.0 Å². The average molecular weight is 522 g/mol. The number of aliphatic hydroxyl groups is 1. The molecule has 2 atom stereocenters. The Morgan fingerprint density at radius 2 is 1.73 bits per heavy atom. The molecule has 37 heavy (non-hydrogen) atoms. The van der Waals surface area contributed by atoms with E-state index in [2.05, 4.69) is 12.1 Å². The maximum Gasteiger partial charge on any atom is 0.410 e. The highest BCUT2D eigenvalue weighted by atomic mass is 35.5. The number of benzene rings is 3. The number of carbonyl (C=O) groups excluding carboxylic acids is 1. The lowest BCUT2D eigenvalue weighted by Gasteiger charge is -2.37. The smallest absolute Gasteiger partial charge is 0.410 e. The molecule has 0 unspecified atom stereocenters. The maximum atomic E-state index is 13.3. The van der Waals surface area contributed by atoms with Crippen molar-refractivity contribution < 1.29 is 24.5 Å². The normalized spacial score (nSPS) is 16.0. The Labute approximate surface area is 222 Å². The van der Waals surface area contributed by atoms with Crippen molar-refractivity contribution >= 4 is 23.7 Å². The van der Waals surface area contributed by atoms with Gasteiger partial charge in [-0.15, -0.1) is 0 Å². The van der Waals surface area contributed by atoms with E-state index in [4.69, 9.17) is 16.3 Å². The van der Waals surface area contributed by atoms with Crippen LogP contribution in [0.15, 0.2) is 66.7 Å². The summed E-state index contributed by atoms with van der Waals surface area (Å²) in [4.78, 5) is 26.4. The SMILES string of the molecule is CC(C)(C)OC(=O)N(C[C@H](O)c1ccc(Cl)cc1)[C@H]1CCc2ccc(-c3cccc(C(=O)O)c3)cc2C1. The second-order valence-electron chi connectivity index (χ2n) is 10.5. The molecular formula is C30H32ClNO5. The number of aryl methyl sites for hydroxylation is 1. The summed E-state index contributed by atoms with van der Waals surface area (Å²) in [7, 11) is 0. The highest BCUT2D eigenvalue weighted by Gasteiger charge is 2.33. The van der Waals surface area contributed by atoms with Gasteiger partial charge in [0.15, 0.2) is 0 Å². The molecule has 3 aromatic carbocycles. The molecule has 0 saturated heterocycles. The van der Waals surface area contributed by atoms with E-state index < -0.39 is 23.8 Å². The van der Waals surface area contributed by atoms with Gasteiger partial charge in [0, 0.05) is 11.1 Å². The van der Waals surface area contributed by atoms with E-state index in [0.29, 0.717) is 17.0 Å². The van der Waals surface area contributed by atoms with Crippen LogP contribution in [0.2, 0.25) is 5.02 Å². The molecule has 1 amide bonds. The van der Waals surface area contributed by atoms with Gasteiger partial charge < -0.3 is 19.8 Å². The minimum Gasteiger partial charge on any atom is -0.478 e. The van der Waals surface area contributed by atoms with Gasteiger partial charge in [-0.25, -0.2) is 9.59 Å². The van der Waals surface area contributed by atoms with Crippen LogP contribution in [0, 0.1) is 0 Å². The molecule has 4 rings (SSSR count). The molecule has 0 spiro atoms. The number of aliphatic hydroxyl groups excluding tert-OH is 1. The van der Waals surface area contributed by atoms with E-state index in [1.807, 2.05) is 32.9 Å². The number of carbonyl (C=O) groups is 2. The van der Waals surface area contributed by atoms with Crippen LogP contribution in [0.25, 0.3) is 11.1 Å². The summed E-state index contributed by atoms with van der Waals surface area (Å²) < 4.78 is 5.72. The van der Waals surface area contributed by atoms with Crippen LogP contribution in [-0.2, 0) is 17.6 Å². The largest absolute Gasteiger partial charge is 0.478 e. The third kappa shape index (κ3) is 6.70. The maximum absolute atomic E-state index is 13.3. The highest BCUT2D eigenvalue weighted by molar-refractivity contribution is 6.30. The van der Waals surface area contributed by atoms with Crippen molar-refractivity contribution in [2.24, 2.45) is 0 Å². The number of carboxylic acid groups (broad SMARTS) is 1. The molecule has 0 aliphatic heterocycles. The van der Waals surface area contributed by atoms with E-state index in [1.54, 1.807) is 47.4 Å². The van der Waals surface area contributed by atoms with Crippen molar-refractivity contribution in [3.63, 3.8) is 0 Å². The van der Waals surface area contributed by atoms with Gasteiger partial charge >= 0.3 is 12.1 Å². The summed E-state index contributed by atoms with van der Waals surface area (Å²) in [5.74, 6) is -0.966. The zero-order valence-electron chi connectivity index (χ0n) is 21.3. The first-order chi connectivity index (χ1) is 17.5. The van der Waals surface area contributed by atoms with Crippen molar-refractivity contribution in [2.75, 3.05) is 6.54 Å². The van der Waals surface area contributed by atoms with E-state index in [0.717, 1.165) is 29.5 Å². The molecule has 1 aliphatic carbocycles. The lowest BCUT2D eigenvalue weighted by atomic mass is 9.85. The Bertz CT molecular complexity index is 1280. The molecule has 0 heterocycles. The second kappa shape index (κ2) is 11.0. The first-order valence-electron chi connectivity index (χ1n) is 12.4. The molecule has 6 nitrogen and oxygen atoms in total. The summed E-state index contributed by atoms with van der Waals surface area (Å²) in [6.07, 6.45) is 0.781. The molecule has 0 fully saturated rings. The Morgan fingerprint density at radius 3 is 2.41 bits per heavy atom. The lowest BCUT2D eigenvalue weighted by molar-refractivity contribution is 0.00195. The van der Waals surface area contributed by atoms with Crippen LogP contribution in [0.4, 0.5) is 4.79 Å². The van der Waals surface area contributed by atoms with Gasteiger partial charge in [0.2, 0.25) is 0 Å². The zero-order valence-corrected chi connectivity index (χ0v) is 22.0. The van der Waals surface area contributed by atoms with Crippen LogP contribution in [0.1, 0.15) is 60.3 Å². The predicted octanol–water partition coefficient (Wildman–Crippen LogP) is 6.53. The van der Waals surface area contributed by atoms with Gasteiger partial charge in [0.05, 0.1) is 18.2 Å². The Kier molecular flexibility index (Phi) is 7.90. The van der Waals surface area contributed by atoms with Crippen molar-refractivity contribution in [1.82, 2.24) is 4.90 Å². The van der Waals surface area contributed by atoms with Gasteiger partial charge in [-0.1, -0.05) is 54.1 Å². The predicted molar refractivity (Wildman–Crippen MR) is 144 cm³/mol. The number of amides is 1. The van der Waals surface area contributed by atoms with Crippen LogP contribution in [0.5, 0.6) is 0 Å². The van der Waals surface area contributed by atoms with Crippen molar-refractivity contribution in [2.45, 2.75) is 57.8 Å². The number of aromatic carboxylic acids is 1. The monoisotopic (exact) mass is 521 g/mol.